The number of hydrogen-bond donors (Lipinski definition) is 4. The van der Waals surface area contributed by atoms with Crippen molar-refractivity contribution in [3.05, 3.63) is 69.8 Å². The summed E-state index contributed by atoms with van der Waals surface area (Å²) in [7, 11) is 0. The van der Waals surface area contributed by atoms with Crippen LogP contribution in [-0.4, -0.2) is 40.2 Å². The van der Waals surface area contributed by atoms with Gasteiger partial charge in [0.15, 0.2) is 0 Å². The van der Waals surface area contributed by atoms with Gasteiger partial charge in [-0.25, -0.2) is 0 Å². The second kappa shape index (κ2) is 12.6. The van der Waals surface area contributed by atoms with Crippen LogP contribution in [0.15, 0.2) is 36.4 Å². The molecule has 2 aromatic carbocycles. The highest BCUT2D eigenvalue weighted by atomic mass is 31.0. The second-order valence-corrected chi connectivity index (χ2v) is 15.0. The SMILES string of the molecule is CC(C)(C)c1ccc(C(O)(c2ccc(C(C)(C)C)cc2C(C)(C)C)C(CO)(CO)CO)c(C(C)(C)C)c1.P.P. The molecule has 39 heavy (non-hydrogen) atoms. The van der Waals surface area contributed by atoms with Crippen LogP contribution in [0.3, 0.4) is 0 Å². The minimum Gasteiger partial charge on any atom is -0.395 e. The van der Waals surface area contributed by atoms with Crippen LogP contribution in [0.4, 0.5) is 0 Å². The van der Waals surface area contributed by atoms with Crippen molar-refractivity contribution in [3.8, 4) is 0 Å². The van der Waals surface area contributed by atoms with Crippen molar-refractivity contribution >= 4 is 19.8 Å². The van der Waals surface area contributed by atoms with Gasteiger partial charge in [-0.05, 0) is 55.0 Å². The Labute approximate surface area is 245 Å². The van der Waals surface area contributed by atoms with E-state index in [0.717, 1.165) is 22.3 Å². The number of hydrogen-bond acceptors (Lipinski definition) is 4. The van der Waals surface area contributed by atoms with E-state index in [-0.39, 0.29) is 41.5 Å². The molecule has 2 unspecified atom stereocenters. The van der Waals surface area contributed by atoms with Gasteiger partial charge in [-0.3, -0.25) is 0 Å². The van der Waals surface area contributed by atoms with E-state index < -0.39 is 30.8 Å². The quantitative estimate of drug-likeness (QED) is 0.307. The van der Waals surface area contributed by atoms with Crippen molar-refractivity contribution in [1.82, 2.24) is 0 Å². The molecule has 0 saturated heterocycles. The Bertz CT molecular complexity index is 1010. The Balaban J connectivity index is 0.00000722. The van der Waals surface area contributed by atoms with Gasteiger partial charge in [0.1, 0.15) is 5.60 Å². The first-order valence-electron chi connectivity index (χ1n) is 13.5. The molecule has 0 amide bonds. The molecule has 0 aliphatic carbocycles. The van der Waals surface area contributed by atoms with Crippen molar-refractivity contribution in [2.24, 2.45) is 5.41 Å². The maximum atomic E-state index is 13.1. The van der Waals surface area contributed by atoms with E-state index in [9.17, 15) is 20.4 Å². The van der Waals surface area contributed by atoms with E-state index in [2.05, 4.69) is 95.2 Å². The fourth-order valence-electron chi connectivity index (χ4n) is 5.10. The van der Waals surface area contributed by atoms with E-state index in [1.165, 1.54) is 0 Å². The molecule has 2 aromatic rings. The second-order valence-electron chi connectivity index (χ2n) is 15.0. The van der Waals surface area contributed by atoms with E-state index in [1.54, 1.807) is 0 Å². The van der Waals surface area contributed by atoms with E-state index in [0.29, 0.717) is 11.1 Å². The minimum atomic E-state index is -1.87. The van der Waals surface area contributed by atoms with Crippen molar-refractivity contribution < 1.29 is 20.4 Å². The molecular weight excluding hydrogens is 522 g/mol. The highest BCUT2D eigenvalue weighted by molar-refractivity contribution is 6.92. The number of rotatable bonds is 6. The standard InChI is InChI=1S/C33H52O4.2H3P/c1-28(2,3)22-13-15-24(26(17-22)30(7,8)9)33(37,32(19-34,20-35)21-36)25-16-14-23(29(4,5)6)18-27(25)31(10,11)12;;/h13-18,34-37H,19-21H2,1-12H3;2*1H3. The summed E-state index contributed by atoms with van der Waals surface area (Å²) >= 11 is 0. The van der Waals surface area contributed by atoms with Crippen LogP contribution in [0.25, 0.3) is 0 Å². The maximum Gasteiger partial charge on any atom is 0.127 e. The molecule has 2 atom stereocenters. The Morgan fingerprint density at radius 2 is 0.744 bits per heavy atom. The Morgan fingerprint density at radius 3 is 0.949 bits per heavy atom. The molecule has 4 N–H and O–H groups in total. The number of aliphatic hydroxyl groups excluding tert-OH is 3. The van der Waals surface area contributed by atoms with Crippen molar-refractivity contribution in [1.29, 1.82) is 0 Å². The van der Waals surface area contributed by atoms with Crippen LogP contribution >= 0.6 is 19.8 Å². The molecule has 0 aromatic heterocycles. The van der Waals surface area contributed by atoms with Crippen LogP contribution in [0.5, 0.6) is 0 Å². The summed E-state index contributed by atoms with van der Waals surface area (Å²) in [6.45, 7) is 23.8. The third kappa shape index (κ3) is 7.32. The molecule has 0 fully saturated rings. The normalized spacial score (nSPS) is 13.5. The van der Waals surface area contributed by atoms with Gasteiger partial charge in [0, 0.05) is 0 Å². The molecule has 0 spiro atoms. The summed E-state index contributed by atoms with van der Waals surface area (Å²) in [5.74, 6) is 0. The zero-order chi connectivity index (χ0) is 28.8. The minimum absolute atomic E-state index is 0. The molecule has 0 aliphatic heterocycles. The molecule has 2 rings (SSSR count). The lowest BCUT2D eigenvalue weighted by molar-refractivity contribution is -0.137. The van der Waals surface area contributed by atoms with Gasteiger partial charge >= 0.3 is 0 Å². The first kappa shape index (κ1) is 38.1. The van der Waals surface area contributed by atoms with Gasteiger partial charge < -0.3 is 20.4 Å². The summed E-state index contributed by atoms with van der Waals surface area (Å²) in [5, 5.41) is 45.2. The van der Waals surface area contributed by atoms with Crippen LogP contribution in [0, 0.1) is 5.41 Å². The molecule has 0 saturated carbocycles. The Hall–Kier alpha value is -0.860. The van der Waals surface area contributed by atoms with Gasteiger partial charge in [-0.2, -0.15) is 19.8 Å². The van der Waals surface area contributed by atoms with Crippen LogP contribution < -0.4 is 0 Å². The van der Waals surface area contributed by atoms with Crippen molar-refractivity contribution in [3.63, 3.8) is 0 Å². The number of benzene rings is 2. The van der Waals surface area contributed by atoms with Gasteiger partial charge in [0.25, 0.3) is 0 Å². The predicted octanol–water partition coefficient (Wildman–Crippen LogP) is 6.19. The molecule has 0 heterocycles. The van der Waals surface area contributed by atoms with Gasteiger partial charge in [0.2, 0.25) is 0 Å². The average Bonchev–Trinajstić information content (AvgIpc) is 2.77. The van der Waals surface area contributed by atoms with Crippen molar-refractivity contribution in [2.75, 3.05) is 19.8 Å². The molecular formula is C33H58O4P2. The van der Waals surface area contributed by atoms with Crippen LogP contribution in [-0.2, 0) is 27.3 Å². The van der Waals surface area contributed by atoms with Gasteiger partial charge in [-0.1, -0.05) is 119 Å². The Morgan fingerprint density at radius 1 is 0.462 bits per heavy atom. The first-order valence-corrected chi connectivity index (χ1v) is 13.5. The highest BCUT2D eigenvalue weighted by Crippen LogP contribution is 2.51. The van der Waals surface area contributed by atoms with Gasteiger partial charge in [-0.15, -0.1) is 0 Å². The summed E-state index contributed by atoms with van der Waals surface area (Å²) in [4.78, 5) is 0. The molecule has 0 bridgehead atoms. The fraction of sp³-hybridized carbons (Fsp3) is 0.636. The Kier molecular flexibility index (Phi) is 12.3. The monoisotopic (exact) mass is 580 g/mol. The first-order chi connectivity index (χ1) is 16.6. The molecule has 224 valence electrons. The topological polar surface area (TPSA) is 80.9 Å². The summed E-state index contributed by atoms with van der Waals surface area (Å²) in [5.41, 5.74) is 0.863. The molecule has 0 aliphatic rings. The summed E-state index contributed by atoms with van der Waals surface area (Å²) < 4.78 is 0. The fourth-order valence-corrected chi connectivity index (χ4v) is 5.10. The number of aliphatic hydroxyl groups is 4. The highest BCUT2D eigenvalue weighted by Gasteiger charge is 2.55. The third-order valence-electron chi connectivity index (χ3n) is 7.84. The zero-order valence-electron chi connectivity index (χ0n) is 26.8. The lowest BCUT2D eigenvalue weighted by atomic mass is 9.60. The molecule has 4 nitrogen and oxygen atoms in total. The smallest absolute Gasteiger partial charge is 0.127 e. The average molecular weight is 581 g/mol. The predicted molar refractivity (Wildman–Crippen MR) is 177 cm³/mol. The van der Waals surface area contributed by atoms with E-state index in [4.69, 9.17) is 0 Å². The summed E-state index contributed by atoms with van der Waals surface area (Å²) in [6, 6.07) is 12.2. The molecule has 0 radical (unpaired) electrons. The lowest BCUT2D eigenvalue weighted by Gasteiger charge is -2.49. The van der Waals surface area contributed by atoms with Gasteiger partial charge in [0.05, 0.1) is 25.2 Å². The van der Waals surface area contributed by atoms with Crippen LogP contribution in [0.2, 0.25) is 0 Å². The summed E-state index contributed by atoms with van der Waals surface area (Å²) in [6.07, 6.45) is 0. The van der Waals surface area contributed by atoms with E-state index in [1.807, 2.05) is 24.3 Å². The third-order valence-corrected chi connectivity index (χ3v) is 7.84. The largest absolute Gasteiger partial charge is 0.395 e. The molecule has 6 heteroatoms. The van der Waals surface area contributed by atoms with Crippen molar-refractivity contribution in [2.45, 2.75) is 110 Å². The lowest BCUT2D eigenvalue weighted by Crippen LogP contribution is -2.55. The van der Waals surface area contributed by atoms with E-state index >= 15 is 0 Å². The van der Waals surface area contributed by atoms with Crippen LogP contribution in [0.1, 0.15) is 116 Å². The maximum absolute atomic E-state index is 13.1. The zero-order valence-corrected chi connectivity index (χ0v) is 29.6.